The van der Waals surface area contributed by atoms with Gasteiger partial charge in [-0.15, -0.1) is 0 Å². The molecular formula is C21H39N3O10. The maximum Gasteiger partial charge on any atom is 0.407 e. The number of carbonyl (C=O) groups is 5. The highest BCUT2D eigenvalue weighted by atomic mass is 16.6. The summed E-state index contributed by atoms with van der Waals surface area (Å²) in [5.74, 6) is -1.54. The molecule has 0 bridgehead atoms. The van der Waals surface area contributed by atoms with Crippen molar-refractivity contribution < 1.29 is 48.0 Å². The van der Waals surface area contributed by atoms with Gasteiger partial charge in [0.05, 0.1) is 26.4 Å². The van der Waals surface area contributed by atoms with Gasteiger partial charge in [-0.05, 0) is 26.7 Å². The van der Waals surface area contributed by atoms with E-state index in [0.29, 0.717) is 38.9 Å². The van der Waals surface area contributed by atoms with Crippen LogP contribution >= 0.6 is 0 Å². The lowest BCUT2D eigenvalue weighted by atomic mass is 10.3. The van der Waals surface area contributed by atoms with Crippen molar-refractivity contribution in [1.29, 1.82) is 0 Å². The Morgan fingerprint density at radius 2 is 1.29 bits per heavy atom. The average Bonchev–Trinajstić information content (AvgIpc) is 2.81. The summed E-state index contributed by atoms with van der Waals surface area (Å²) < 4.78 is 19.6. The number of carboxylic acid groups (broad SMARTS) is 1. The molecule has 0 aromatic carbocycles. The third kappa shape index (κ3) is 19.7. The van der Waals surface area contributed by atoms with Crippen LogP contribution in [0.3, 0.4) is 0 Å². The Labute approximate surface area is 200 Å². The zero-order chi connectivity index (χ0) is 26.2. The maximum absolute atomic E-state index is 11.8. The molecule has 2 unspecified atom stereocenters. The number of nitrogens with one attached hydrogen (secondary N) is 3. The molecule has 0 rings (SSSR count). The van der Waals surface area contributed by atoms with Gasteiger partial charge in [0.1, 0.15) is 12.3 Å². The normalized spacial score (nSPS) is 11.6. The molecule has 0 aliphatic heterocycles. The summed E-state index contributed by atoms with van der Waals surface area (Å²) in [5.41, 5.74) is 0. The molecule has 0 heterocycles. The first kappa shape index (κ1) is 33.2. The number of alkyl carbamates (subject to hydrolysis) is 2. The van der Waals surface area contributed by atoms with Crippen LogP contribution in [0.4, 0.5) is 9.59 Å². The maximum atomic E-state index is 11.8. The third-order valence-corrected chi connectivity index (χ3v) is 3.61. The van der Waals surface area contributed by atoms with Gasteiger partial charge in [-0.1, -0.05) is 13.8 Å². The van der Waals surface area contributed by atoms with Crippen molar-refractivity contribution in [2.75, 3.05) is 46.2 Å². The van der Waals surface area contributed by atoms with Crippen molar-refractivity contribution in [3.8, 4) is 0 Å². The Kier molecular flexibility index (Phi) is 22.7. The minimum absolute atomic E-state index is 0.0602. The fourth-order valence-electron chi connectivity index (χ4n) is 1.96. The minimum Gasteiger partial charge on any atom is -0.480 e. The van der Waals surface area contributed by atoms with Crippen LogP contribution in [0.5, 0.6) is 0 Å². The molecule has 13 heteroatoms. The van der Waals surface area contributed by atoms with E-state index in [1.54, 1.807) is 13.8 Å². The molecule has 0 aromatic heterocycles. The standard InChI is InChI=1S/C12H22N2O5.C9H17NO5/c1-3-8-19-12(17)14-10(9-18-4-2)11(16)13-6-5-7-15;1-3-5-15-9(13)10-7(8(11)12)6-14-4-2/h7,10H,3-6,8-9H2,1-2H3,(H,13,16)(H,14,17);7H,3-6H2,1-2H3,(H,10,13)(H,11,12). The first-order chi connectivity index (χ1) is 16.3. The molecule has 0 saturated carbocycles. The van der Waals surface area contributed by atoms with Gasteiger partial charge in [0.25, 0.3) is 0 Å². The first-order valence-electron chi connectivity index (χ1n) is 11.2. The summed E-state index contributed by atoms with van der Waals surface area (Å²) in [4.78, 5) is 55.0. The van der Waals surface area contributed by atoms with E-state index in [1.807, 2.05) is 13.8 Å². The summed E-state index contributed by atoms with van der Waals surface area (Å²) >= 11 is 0. The molecule has 0 spiro atoms. The van der Waals surface area contributed by atoms with Crippen LogP contribution in [-0.2, 0) is 33.3 Å². The number of ether oxygens (including phenoxy) is 4. The van der Waals surface area contributed by atoms with E-state index in [9.17, 15) is 24.0 Å². The van der Waals surface area contributed by atoms with Crippen molar-refractivity contribution in [3.63, 3.8) is 0 Å². The lowest BCUT2D eigenvalue weighted by Gasteiger charge is -2.17. The highest BCUT2D eigenvalue weighted by Crippen LogP contribution is 1.92. The smallest absolute Gasteiger partial charge is 0.407 e. The minimum atomic E-state index is -1.14. The van der Waals surface area contributed by atoms with Crippen LogP contribution < -0.4 is 16.0 Å². The fourth-order valence-corrected chi connectivity index (χ4v) is 1.96. The number of aliphatic carboxylic acids is 1. The molecule has 198 valence electrons. The number of carboxylic acids is 1. The number of rotatable bonds is 17. The SMILES string of the molecule is CCCOC(=O)NC(COCC)C(=O)NCCC=O.CCCOC(=O)NC(COCC)C(=O)O. The molecule has 0 aliphatic rings. The summed E-state index contributed by atoms with van der Waals surface area (Å²) in [6, 6.07) is -1.88. The van der Waals surface area contributed by atoms with Gasteiger partial charge in [-0.2, -0.15) is 0 Å². The zero-order valence-corrected chi connectivity index (χ0v) is 20.4. The molecule has 13 nitrogen and oxygen atoms in total. The van der Waals surface area contributed by atoms with Gasteiger partial charge in [0.15, 0.2) is 6.04 Å². The van der Waals surface area contributed by atoms with E-state index in [-0.39, 0.29) is 32.8 Å². The molecule has 4 N–H and O–H groups in total. The molecule has 0 aliphatic carbocycles. The molecule has 0 saturated heterocycles. The topological polar surface area (TPSA) is 179 Å². The van der Waals surface area contributed by atoms with E-state index >= 15 is 0 Å². The van der Waals surface area contributed by atoms with Crippen molar-refractivity contribution in [2.24, 2.45) is 0 Å². The zero-order valence-electron chi connectivity index (χ0n) is 20.4. The Balaban J connectivity index is 0. The van der Waals surface area contributed by atoms with E-state index in [1.165, 1.54) is 0 Å². The third-order valence-electron chi connectivity index (χ3n) is 3.61. The number of carbonyl (C=O) groups excluding carboxylic acids is 4. The van der Waals surface area contributed by atoms with Crippen molar-refractivity contribution in [3.05, 3.63) is 0 Å². The highest BCUT2D eigenvalue weighted by Gasteiger charge is 2.21. The molecular weight excluding hydrogens is 454 g/mol. The van der Waals surface area contributed by atoms with Crippen LogP contribution in [0.25, 0.3) is 0 Å². The van der Waals surface area contributed by atoms with Crippen molar-refractivity contribution in [1.82, 2.24) is 16.0 Å². The molecule has 0 aromatic rings. The average molecular weight is 494 g/mol. The summed E-state index contributed by atoms with van der Waals surface area (Å²) in [6.07, 6.45) is 0.945. The van der Waals surface area contributed by atoms with E-state index in [2.05, 4.69) is 20.7 Å². The summed E-state index contributed by atoms with van der Waals surface area (Å²) in [7, 11) is 0. The Morgan fingerprint density at radius 1 is 0.824 bits per heavy atom. The lowest BCUT2D eigenvalue weighted by Crippen LogP contribution is -2.49. The number of hydrogen-bond donors (Lipinski definition) is 4. The Hall–Kier alpha value is -2.93. The van der Waals surface area contributed by atoms with Gasteiger partial charge in [-0.3, -0.25) is 4.79 Å². The highest BCUT2D eigenvalue weighted by molar-refractivity contribution is 5.85. The van der Waals surface area contributed by atoms with E-state index in [4.69, 9.17) is 19.3 Å². The van der Waals surface area contributed by atoms with Crippen LogP contribution in [0, 0.1) is 0 Å². The second-order valence-electron chi connectivity index (χ2n) is 6.57. The summed E-state index contributed by atoms with van der Waals surface area (Å²) in [6.45, 7) is 8.88. The second-order valence-corrected chi connectivity index (χ2v) is 6.57. The van der Waals surface area contributed by atoms with Gasteiger partial charge in [-0.25, -0.2) is 14.4 Å². The first-order valence-corrected chi connectivity index (χ1v) is 11.2. The number of hydrogen-bond acceptors (Lipinski definition) is 9. The quantitative estimate of drug-likeness (QED) is 0.168. The van der Waals surface area contributed by atoms with E-state index < -0.39 is 36.1 Å². The fraction of sp³-hybridized carbons (Fsp3) is 0.762. The molecule has 0 radical (unpaired) electrons. The molecule has 34 heavy (non-hydrogen) atoms. The number of amides is 3. The van der Waals surface area contributed by atoms with Gasteiger partial charge in [0, 0.05) is 26.2 Å². The van der Waals surface area contributed by atoms with Gasteiger partial charge in [0.2, 0.25) is 5.91 Å². The second kappa shape index (κ2) is 23.2. The van der Waals surface area contributed by atoms with Crippen LogP contribution in [0.1, 0.15) is 47.0 Å². The van der Waals surface area contributed by atoms with E-state index in [0.717, 1.165) is 0 Å². The van der Waals surface area contributed by atoms with Crippen molar-refractivity contribution >= 4 is 30.3 Å². The number of aldehydes is 1. The van der Waals surface area contributed by atoms with Gasteiger partial charge < -0.3 is 44.8 Å². The molecule has 0 fully saturated rings. The lowest BCUT2D eigenvalue weighted by molar-refractivity contribution is -0.141. The Morgan fingerprint density at radius 3 is 1.71 bits per heavy atom. The van der Waals surface area contributed by atoms with Crippen LogP contribution in [0.2, 0.25) is 0 Å². The predicted molar refractivity (Wildman–Crippen MR) is 121 cm³/mol. The molecule has 2 atom stereocenters. The monoisotopic (exact) mass is 493 g/mol. The largest absolute Gasteiger partial charge is 0.480 e. The predicted octanol–water partition coefficient (Wildman–Crippen LogP) is 0.845. The van der Waals surface area contributed by atoms with Crippen LogP contribution in [-0.4, -0.2) is 93.7 Å². The molecule has 3 amide bonds. The van der Waals surface area contributed by atoms with Gasteiger partial charge >= 0.3 is 18.2 Å². The van der Waals surface area contributed by atoms with Crippen molar-refractivity contribution in [2.45, 2.75) is 59.0 Å². The summed E-state index contributed by atoms with van der Waals surface area (Å²) in [5, 5.41) is 15.9. The van der Waals surface area contributed by atoms with Crippen LogP contribution in [0.15, 0.2) is 0 Å². The Bertz CT molecular complexity index is 589.